The van der Waals surface area contributed by atoms with Crippen molar-refractivity contribution < 1.29 is 19.3 Å². The van der Waals surface area contributed by atoms with E-state index in [0.717, 1.165) is 6.42 Å². The van der Waals surface area contributed by atoms with Crippen LogP contribution in [-0.4, -0.2) is 62.0 Å². The zero-order valence-electron chi connectivity index (χ0n) is 21.4. The Hall–Kier alpha value is -2.60. The van der Waals surface area contributed by atoms with Crippen LogP contribution in [0.4, 0.5) is 5.95 Å². The molecule has 36 heavy (non-hydrogen) atoms. The normalized spacial score (nSPS) is 13.3. The highest BCUT2D eigenvalue weighted by atomic mass is 35.5. The minimum atomic E-state index is -0.766. The average molecular weight is 537 g/mol. The molecule has 0 bridgehead atoms. The summed E-state index contributed by atoms with van der Waals surface area (Å²) in [4.78, 5) is 8.60. The first-order valence-corrected chi connectivity index (χ1v) is 12.7. The second kappa shape index (κ2) is 12.6. The number of nitrogens with zero attached hydrogens (tertiary/aromatic N) is 5. The van der Waals surface area contributed by atoms with Gasteiger partial charge in [-0.2, -0.15) is 0 Å². The van der Waals surface area contributed by atoms with Crippen molar-refractivity contribution in [3.63, 3.8) is 0 Å². The lowest BCUT2D eigenvalue weighted by molar-refractivity contribution is 0.0687. The molecule has 10 nitrogen and oxygen atoms in total. The maximum absolute atomic E-state index is 10.2. The molecule has 0 aliphatic heterocycles. The Balaban J connectivity index is 1.91. The molecule has 3 aromatic rings. The molecule has 0 fully saturated rings. The van der Waals surface area contributed by atoms with Gasteiger partial charge in [0.25, 0.3) is 0 Å². The Bertz CT molecular complexity index is 1100. The third-order valence-electron chi connectivity index (χ3n) is 5.46. The molecule has 12 heteroatoms. The van der Waals surface area contributed by atoms with Gasteiger partial charge in [0, 0.05) is 25.9 Å². The molecule has 0 spiro atoms. The van der Waals surface area contributed by atoms with E-state index in [9.17, 15) is 5.11 Å². The zero-order chi connectivity index (χ0) is 26.3. The molecule has 2 aromatic heterocycles. The standard InChI is InChI=1S/C24H33ClN6O4S/c1-15(21(35-6)22-26-13-16(25)14-27-22)36-30-23-29-28-19(11-8-12-24(2,3)32)31(23)20-17(33-4)9-7-10-18(20)34-5/h7,9-10,13-15,21,32H,8,11-12H2,1-6H3,(H,29,30). The fraction of sp³-hybridized carbons (Fsp3) is 0.500. The third-order valence-corrected chi connectivity index (χ3v) is 6.57. The molecular formula is C24H33ClN6O4S. The van der Waals surface area contributed by atoms with E-state index in [1.54, 1.807) is 47.6 Å². The van der Waals surface area contributed by atoms with Crippen LogP contribution in [0.2, 0.25) is 5.02 Å². The number of benzene rings is 1. The molecule has 0 saturated carbocycles. The van der Waals surface area contributed by atoms with E-state index in [1.807, 2.05) is 29.7 Å². The summed E-state index contributed by atoms with van der Waals surface area (Å²) in [6, 6.07) is 5.58. The number of hydrogen-bond donors (Lipinski definition) is 2. The van der Waals surface area contributed by atoms with Gasteiger partial charge in [0.2, 0.25) is 5.95 Å². The summed E-state index contributed by atoms with van der Waals surface area (Å²) in [5.74, 6) is 2.97. The number of anilines is 1. The van der Waals surface area contributed by atoms with Crippen molar-refractivity contribution in [2.75, 3.05) is 26.1 Å². The molecule has 1 aromatic carbocycles. The maximum Gasteiger partial charge on any atom is 0.239 e. The highest BCUT2D eigenvalue weighted by Gasteiger charge is 2.26. The lowest BCUT2D eigenvalue weighted by Gasteiger charge is -2.22. The topological polar surface area (TPSA) is 116 Å². The molecule has 0 radical (unpaired) electrons. The van der Waals surface area contributed by atoms with Gasteiger partial charge in [0.05, 0.1) is 30.1 Å². The number of aliphatic hydroxyl groups is 1. The molecule has 0 amide bonds. The van der Waals surface area contributed by atoms with Gasteiger partial charge in [-0.25, -0.2) is 9.97 Å². The van der Waals surface area contributed by atoms with Crippen molar-refractivity contribution in [1.29, 1.82) is 0 Å². The Morgan fingerprint density at radius 2 is 1.75 bits per heavy atom. The Kier molecular flexibility index (Phi) is 9.77. The fourth-order valence-corrected chi connectivity index (χ4v) is 4.57. The number of ether oxygens (including phenoxy) is 3. The van der Waals surface area contributed by atoms with Crippen molar-refractivity contribution in [3.05, 3.63) is 47.3 Å². The summed E-state index contributed by atoms with van der Waals surface area (Å²) in [5, 5.41) is 19.4. The summed E-state index contributed by atoms with van der Waals surface area (Å²) < 4.78 is 22.2. The van der Waals surface area contributed by atoms with Gasteiger partial charge in [0.1, 0.15) is 29.1 Å². The van der Waals surface area contributed by atoms with Gasteiger partial charge in [-0.1, -0.05) is 17.7 Å². The van der Waals surface area contributed by atoms with E-state index in [-0.39, 0.29) is 11.4 Å². The third kappa shape index (κ3) is 7.00. The van der Waals surface area contributed by atoms with E-state index >= 15 is 0 Å². The largest absolute Gasteiger partial charge is 0.494 e. The van der Waals surface area contributed by atoms with Gasteiger partial charge in [-0.05, 0) is 57.7 Å². The Labute approximate surface area is 220 Å². The van der Waals surface area contributed by atoms with Gasteiger partial charge in [0.15, 0.2) is 5.82 Å². The predicted molar refractivity (Wildman–Crippen MR) is 141 cm³/mol. The molecule has 3 rings (SSSR count). The van der Waals surface area contributed by atoms with Crippen LogP contribution in [0.15, 0.2) is 30.6 Å². The average Bonchev–Trinajstić information content (AvgIpc) is 3.25. The van der Waals surface area contributed by atoms with Crippen LogP contribution in [0.1, 0.15) is 51.4 Å². The van der Waals surface area contributed by atoms with E-state index in [2.05, 4.69) is 24.9 Å². The first-order chi connectivity index (χ1) is 17.2. The van der Waals surface area contributed by atoms with Crippen LogP contribution in [0.3, 0.4) is 0 Å². The first-order valence-electron chi connectivity index (χ1n) is 11.5. The van der Waals surface area contributed by atoms with Crippen molar-refractivity contribution in [2.45, 2.75) is 57.0 Å². The van der Waals surface area contributed by atoms with E-state index in [0.29, 0.717) is 52.6 Å². The zero-order valence-corrected chi connectivity index (χ0v) is 22.9. The van der Waals surface area contributed by atoms with E-state index in [4.69, 9.17) is 25.8 Å². The minimum Gasteiger partial charge on any atom is -0.494 e. The number of halogens is 1. The van der Waals surface area contributed by atoms with Gasteiger partial charge >= 0.3 is 0 Å². The van der Waals surface area contributed by atoms with Crippen molar-refractivity contribution in [3.8, 4) is 17.2 Å². The number of nitrogens with one attached hydrogen (secondary N) is 1. The number of para-hydroxylation sites is 1. The van der Waals surface area contributed by atoms with Crippen LogP contribution < -0.4 is 14.2 Å². The van der Waals surface area contributed by atoms with Crippen LogP contribution in [0.5, 0.6) is 11.5 Å². The molecule has 2 unspecified atom stereocenters. The van der Waals surface area contributed by atoms with E-state index < -0.39 is 5.60 Å². The minimum absolute atomic E-state index is 0.0977. The molecule has 0 aliphatic carbocycles. The summed E-state index contributed by atoms with van der Waals surface area (Å²) in [5.41, 5.74) is -0.0797. The Morgan fingerprint density at radius 1 is 1.11 bits per heavy atom. The van der Waals surface area contributed by atoms with Crippen molar-refractivity contribution in [1.82, 2.24) is 24.7 Å². The van der Waals surface area contributed by atoms with Crippen molar-refractivity contribution >= 4 is 29.5 Å². The molecule has 2 N–H and O–H groups in total. The molecule has 0 aliphatic rings. The summed E-state index contributed by atoms with van der Waals surface area (Å²) in [7, 11) is 4.83. The number of aryl methyl sites for hydroxylation is 1. The van der Waals surface area contributed by atoms with Crippen LogP contribution in [-0.2, 0) is 11.2 Å². The van der Waals surface area contributed by atoms with Crippen LogP contribution >= 0.6 is 23.5 Å². The maximum atomic E-state index is 10.2. The number of methoxy groups -OCH3 is 3. The fourth-order valence-electron chi connectivity index (χ4n) is 3.69. The second-order valence-corrected chi connectivity index (χ2v) is 10.4. The Morgan fingerprint density at radius 3 is 2.31 bits per heavy atom. The van der Waals surface area contributed by atoms with Gasteiger partial charge in [-0.15, -0.1) is 10.2 Å². The SMILES string of the molecule is COc1cccc(OC)c1-n1c(CCCC(C)(C)O)nnc1NSC(C)C(OC)c1ncc(Cl)cn1. The first kappa shape index (κ1) is 28.0. The smallest absolute Gasteiger partial charge is 0.239 e. The molecule has 2 atom stereocenters. The highest BCUT2D eigenvalue weighted by molar-refractivity contribution is 8.01. The highest BCUT2D eigenvalue weighted by Crippen LogP contribution is 2.37. The summed E-state index contributed by atoms with van der Waals surface area (Å²) in [6.07, 6.45) is 4.65. The lowest BCUT2D eigenvalue weighted by atomic mass is 10.0. The van der Waals surface area contributed by atoms with Gasteiger partial charge < -0.3 is 19.3 Å². The van der Waals surface area contributed by atoms with Crippen LogP contribution in [0.25, 0.3) is 5.69 Å². The molecule has 2 heterocycles. The van der Waals surface area contributed by atoms with E-state index in [1.165, 1.54) is 11.9 Å². The predicted octanol–water partition coefficient (Wildman–Crippen LogP) is 4.66. The lowest BCUT2D eigenvalue weighted by Crippen LogP contribution is -2.19. The molecule has 0 saturated heterocycles. The summed E-state index contributed by atoms with van der Waals surface area (Å²) in [6.45, 7) is 5.59. The number of aromatic nitrogens is 5. The molecular weight excluding hydrogens is 504 g/mol. The monoisotopic (exact) mass is 536 g/mol. The van der Waals surface area contributed by atoms with Crippen molar-refractivity contribution in [2.24, 2.45) is 0 Å². The summed E-state index contributed by atoms with van der Waals surface area (Å²) >= 11 is 7.34. The number of rotatable bonds is 13. The van der Waals surface area contributed by atoms with Gasteiger partial charge in [-0.3, -0.25) is 9.29 Å². The van der Waals surface area contributed by atoms with Crippen LogP contribution in [0, 0.1) is 0 Å². The molecule has 196 valence electrons. The number of hydrogen-bond acceptors (Lipinski definition) is 10. The quantitative estimate of drug-likeness (QED) is 0.299. The second-order valence-electron chi connectivity index (χ2n) is 8.79.